The van der Waals surface area contributed by atoms with Crippen molar-refractivity contribution in [3.63, 3.8) is 0 Å². The minimum absolute atomic E-state index is 0.166. The van der Waals surface area contributed by atoms with E-state index in [4.69, 9.17) is 9.84 Å². The molecule has 6 nitrogen and oxygen atoms in total. The number of rotatable bonds is 5. The molecule has 0 aliphatic carbocycles. The van der Waals surface area contributed by atoms with Gasteiger partial charge in [0.25, 0.3) is 0 Å². The van der Waals surface area contributed by atoms with Crippen molar-refractivity contribution in [1.29, 1.82) is 0 Å². The zero-order valence-corrected chi connectivity index (χ0v) is 12.4. The third-order valence-electron chi connectivity index (χ3n) is 2.80. The molecule has 0 fully saturated rings. The Labute approximate surface area is 132 Å². The molecule has 0 atom stereocenters. The number of aromatic carboxylic acids is 1. The van der Waals surface area contributed by atoms with E-state index >= 15 is 0 Å². The van der Waals surface area contributed by atoms with Gasteiger partial charge in [-0.25, -0.2) is 9.59 Å². The SMILES string of the molecule is C=C(C)C(=O)Oc1ccccc1N=Nc1ccc(C(=O)O)cc1. The topological polar surface area (TPSA) is 88.3 Å². The number of benzene rings is 2. The lowest BCUT2D eigenvalue weighted by Gasteiger charge is -2.05. The minimum Gasteiger partial charge on any atom is -0.478 e. The Kier molecular flexibility index (Phi) is 4.99. The lowest BCUT2D eigenvalue weighted by atomic mass is 10.2. The molecule has 2 aromatic carbocycles. The van der Waals surface area contributed by atoms with Crippen molar-refractivity contribution in [3.8, 4) is 5.75 Å². The summed E-state index contributed by atoms with van der Waals surface area (Å²) in [6.45, 7) is 5.07. The number of carboxylic acid groups (broad SMARTS) is 1. The second-order valence-corrected chi connectivity index (χ2v) is 4.69. The number of ether oxygens (including phenoxy) is 1. The van der Waals surface area contributed by atoms with Gasteiger partial charge in [-0.2, -0.15) is 5.11 Å². The van der Waals surface area contributed by atoms with Gasteiger partial charge in [0.2, 0.25) is 0 Å². The van der Waals surface area contributed by atoms with Crippen molar-refractivity contribution in [2.24, 2.45) is 10.2 Å². The molecule has 0 unspecified atom stereocenters. The van der Waals surface area contributed by atoms with E-state index in [2.05, 4.69) is 16.8 Å². The molecule has 0 aliphatic rings. The van der Waals surface area contributed by atoms with Gasteiger partial charge in [-0.1, -0.05) is 18.7 Å². The van der Waals surface area contributed by atoms with Crippen molar-refractivity contribution < 1.29 is 19.4 Å². The number of carboxylic acids is 1. The van der Waals surface area contributed by atoms with Crippen LogP contribution in [0.25, 0.3) is 0 Å². The van der Waals surface area contributed by atoms with Crippen LogP contribution in [0, 0.1) is 0 Å². The van der Waals surface area contributed by atoms with Gasteiger partial charge in [0.15, 0.2) is 5.75 Å². The van der Waals surface area contributed by atoms with Crippen LogP contribution in [0.5, 0.6) is 5.75 Å². The quantitative estimate of drug-likeness (QED) is 0.386. The van der Waals surface area contributed by atoms with Gasteiger partial charge in [0.1, 0.15) is 5.69 Å². The molecule has 0 aromatic heterocycles. The van der Waals surface area contributed by atoms with Gasteiger partial charge >= 0.3 is 11.9 Å². The zero-order chi connectivity index (χ0) is 16.8. The summed E-state index contributed by atoms with van der Waals surface area (Å²) in [4.78, 5) is 22.4. The number of carbonyl (C=O) groups is 2. The smallest absolute Gasteiger partial charge is 0.338 e. The van der Waals surface area contributed by atoms with Crippen LogP contribution in [-0.4, -0.2) is 17.0 Å². The summed E-state index contributed by atoms with van der Waals surface area (Å²) in [7, 11) is 0. The van der Waals surface area contributed by atoms with E-state index in [9.17, 15) is 9.59 Å². The first-order chi connectivity index (χ1) is 11.0. The first-order valence-corrected chi connectivity index (χ1v) is 6.69. The summed E-state index contributed by atoms with van der Waals surface area (Å²) >= 11 is 0. The van der Waals surface area contributed by atoms with Crippen LogP contribution in [0.15, 0.2) is 70.9 Å². The van der Waals surface area contributed by atoms with Crippen LogP contribution >= 0.6 is 0 Å². The molecular formula is C17H14N2O4. The maximum atomic E-state index is 11.6. The Morgan fingerprint density at radius 2 is 1.70 bits per heavy atom. The van der Waals surface area contributed by atoms with Gasteiger partial charge in [-0.3, -0.25) is 0 Å². The predicted octanol–water partition coefficient (Wildman–Crippen LogP) is 4.28. The molecular weight excluding hydrogens is 296 g/mol. The number of hydrogen-bond donors (Lipinski definition) is 1. The lowest BCUT2D eigenvalue weighted by molar-refractivity contribution is -0.130. The molecule has 0 radical (unpaired) electrons. The molecule has 6 heteroatoms. The number of para-hydroxylation sites is 1. The van der Waals surface area contributed by atoms with Crippen molar-refractivity contribution in [2.45, 2.75) is 6.92 Å². The molecule has 0 amide bonds. The summed E-state index contributed by atoms with van der Waals surface area (Å²) in [5.41, 5.74) is 1.31. The molecule has 0 aliphatic heterocycles. The average Bonchev–Trinajstić information content (AvgIpc) is 2.54. The van der Waals surface area contributed by atoms with Gasteiger partial charge < -0.3 is 9.84 Å². The normalized spacial score (nSPS) is 10.5. The van der Waals surface area contributed by atoms with Gasteiger partial charge in [-0.15, -0.1) is 5.11 Å². The molecule has 0 saturated carbocycles. The second-order valence-electron chi connectivity index (χ2n) is 4.69. The maximum Gasteiger partial charge on any atom is 0.338 e. The highest BCUT2D eigenvalue weighted by Crippen LogP contribution is 2.29. The molecule has 116 valence electrons. The summed E-state index contributed by atoms with van der Waals surface area (Å²) in [6.07, 6.45) is 0. The summed E-state index contributed by atoms with van der Waals surface area (Å²) < 4.78 is 5.18. The highest BCUT2D eigenvalue weighted by Gasteiger charge is 2.09. The van der Waals surface area contributed by atoms with E-state index in [0.717, 1.165) is 0 Å². The molecule has 23 heavy (non-hydrogen) atoms. The van der Waals surface area contributed by atoms with Gasteiger partial charge in [0, 0.05) is 5.57 Å². The molecule has 0 bridgehead atoms. The molecule has 0 heterocycles. The first kappa shape index (κ1) is 16.1. The number of esters is 1. The molecule has 2 aromatic rings. The summed E-state index contributed by atoms with van der Waals surface area (Å²) in [5, 5.41) is 16.9. The van der Waals surface area contributed by atoms with Crippen molar-refractivity contribution in [1.82, 2.24) is 0 Å². The minimum atomic E-state index is -1.01. The van der Waals surface area contributed by atoms with Crippen molar-refractivity contribution >= 4 is 23.3 Å². The standard InChI is InChI=1S/C17H14N2O4/c1-11(2)17(22)23-15-6-4-3-5-14(15)19-18-13-9-7-12(8-10-13)16(20)21/h3-10H,1H2,2H3,(H,20,21). The Morgan fingerprint density at radius 1 is 1.04 bits per heavy atom. The average molecular weight is 310 g/mol. The van der Waals surface area contributed by atoms with Crippen molar-refractivity contribution in [2.75, 3.05) is 0 Å². The van der Waals surface area contributed by atoms with Crippen LogP contribution in [-0.2, 0) is 4.79 Å². The third-order valence-corrected chi connectivity index (χ3v) is 2.80. The lowest BCUT2D eigenvalue weighted by Crippen LogP contribution is -2.08. The Morgan fingerprint density at radius 3 is 2.30 bits per heavy atom. The molecule has 0 spiro atoms. The Bertz CT molecular complexity index is 779. The van der Waals surface area contributed by atoms with Gasteiger partial charge in [-0.05, 0) is 43.3 Å². The molecule has 2 rings (SSSR count). The van der Waals surface area contributed by atoms with Gasteiger partial charge in [0.05, 0.1) is 11.3 Å². The van der Waals surface area contributed by atoms with E-state index in [0.29, 0.717) is 11.4 Å². The van der Waals surface area contributed by atoms with Crippen LogP contribution in [0.2, 0.25) is 0 Å². The monoisotopic (exact) mass is 310 g/mol. The fourth-order valence-electron chi connectivity index (χ4n) is 1.60. The van der Waals surface area contributed by atoms with E-state index in [-0.39, 0.29) is 16.9 Å². The van der Waals surface area contributed by atoms with Crippen LogP contribution in [0.1, 0.15) is 17.3 Å². The Balaban J connectivity index is 2.20. The Hall–Kier alpha value is -3.28. The van der Waals surface area contributed by atoms with E-state index in [1.165, 1.54) is 24.3 Å². The number of azo groups is 1. The zero-order valence-electron chi connectivity index (χ0n) is 12.4. The second kappa shape index (κ2) is 7.13. The third kappa shape index (κ3) is 4.34. The van der Waals surface area contributed by atoms with E-state index < -0.39 is 11.9 Å². The molecule has 0 saturated heterocycles. The number of carbonyl (C=O) groups excluding carboxylic acids is 1. The fourth-order valence-corrected chi connectivity index (χ4v) is 1.60. The first-order valence-electron chi connectivity index (χ1n) is 6.69. The number of hydrogen-bond acceptors (Lipinski definition) is 5. The van der Waals surface area contributed by atoms with Crippen LogP contribution in [0.3, 0.4) is 0 Å². The highest BCUT2D eigenvalue weighted by molar-refractivity contribution is 5.89. The van der Waals surface area contributed by atoms with E-state index in [1.54, 1.807) is 31.2 Å². The summed E-state index contributed by atoms with van der Waals surface area (Å²) in [5.74, 6) is -1.28. The largest absolute Gasteiger partial charge is 0.478 e. The number of nitrogens with zero attached hydrogens (tertiary/aromatic N) is 2. The van der Waals surface area contributed by atoms with Crippen LogP contribution in [0.4, 0.5) is 11.4 Å². The maximum absolute atomic E-state index is 11.6. The van der Waals surface area contributed by atoms with Crippen molar-refractivity contribution in [3.05, 3.63) is 66.2 Å². The summed E-state index contributed by atoms with van der Waals surface area (Å²) in [6, 6.07) is 12.6. The fraction of sp³-hybridized carbons (Fsp3) is 0.0588. The molecule has 1 N–H and O–H groups in total. The van der Waals surface area contributed by atoms with E-state index in [1.807, 2.05) is 0 Å². The highest BCUT2D eigenvalue weighted by atomic mass is 16.5. The van der Waals surface area contributed by atoms with Crippen LogP contribution < -0.4 is 4.74 Å². The predicted molar refractivity (Wildman–Crippen MR) is 84.5 cm³/mol.